The van der Waals surface area contributed by atoms with Crippen molar-refractivity contribution >= 4 is 57.1 Å². The Hall–Kier alpha value is -4.08. The molecule has 0 unspecified atom stereocenters. The van der Waals surface area contributed by atoms with Gasteiger partial charge < -0.3 is 14.2 Å². The molecule has 1 amide bonds. The highest BCUT2D eigenvalue weighted by Crippen LogP contribution is 2.34. The number of halogens is 2. The van der Waals surface area contributed by atoms with Crippen LogP contribution in [0.15, 0.2) is 108 Å². The van der Waals surface area contributed by atoms with Crippen LogP contribution in [0.3, 0.4) is 0 Å². The number of benzene rings is 5. The smallest absolute Gasteiger partial charge is 0.275 e. The van der Waals surface area contributed by atoms with Gasteiger partial charge in [-0.1, -0.05) is 84.4 Å². The van der Waals surface area contributed by atoms with Crippen LogP contribution in [-0.2, 0) is 13.2 Å². The van der Waals surface area contributed by atoms with Crippen LogP contribution in [0.4, 0.5) is 0 Å². The second-order valence-corrected chi connectivity index (χ2v) is 10.6. The summed E-state index contributed by atoms with van der Waals surface area (Å²) in [6, 6.07) is 32.5. The first-order chi connectivity index (χ1) is 20.0. The molecule has 5 aromatic carbocycles. The summed E-state index contributed by atoms with van der Waals surface area (Å²) in [6.07, 6.45) is 1.56. The lowest BCUT2D eigenvalue weighted by Gasteiger charge is -2.14. The molecule has 41 heavy (non-hydrogen) atoms. The van der Waals surface area contributed by atoms with Crippen LogP contribution in [0, 0.1) is 3.57 Å². The van der Waals surface area contributed by atoms with E-state index in [0.717, 1.165) is 25.6 Å². The van der Waals surface area contributed by atoms with E-state index in [4.69, 9.17) is 25.8 Å². The van der Waals surface area contributed by atoms with Crippen molar-refractivity contribution in [3.05, 3.63) is 134 Å². The molecule has 0 aromatic heterocycles. The van der Waals surface area contributed by atoms with Crippen LogP contribution in [0.5, 0.6) is 17.2 Å². The molecule has 0 spiro atoms. The van der Waals surface area contributed by atoms with Gasteiger partial charge in [0.25, 0.3) is 5.91 Å². The van der Waals surface area contributed by atoms with Crippen molar-refractivity contribution in [2.75, 3.05) is 7.11 Å². The third kappa shape index (κ3) is 6.99. The lowest BCUT2D eigenvalue weighted by atomic mass is 10.1. The topological polar surface area (TPSA) is 69.2 Å². The number of fused-ring (bicyclic) bond motifs is 1. The molecule has 0 heterocycles. The fourth-order valence-corrected chi connectivity index (χ4v) is 5.27. The molecule has 8 heteroatoms. The number of hydrogen-bond acceptors (Lipinski definition) is 5. The van der Waals surface area contributed by atoms with Crippen LogP contribution >= 0.6 is 34.2 Å². The molecule has 0 radical (unpaired) electrons. The zero-order valence-corrected chi connectivity index (χ0v) is 25.1. The molecule has 0 bridgehead atoms. The fourth-order valence-electron chi connectivity index (χ4n) is 4.30. The summed E-state index contributed by atoms with van der Waals surface area (Å²) < 4.78 is 18.6. The van der Waals surface area contributed by atoms with Crippen molar-refractivity contribution < 1.29 is 19.0 Å². The van der Waals surface area contributed by atoms with Gasteiger partial charge in [0.1, 0.15) is 19.0 Å². The minimum atomic E-state index is -0.396. The summed E-state index contributed by atoms with van der Waals surface area (Å²) in [5, 5.41) is 7.09. The van der Waals surface area contributed by atoms with Crippen LogP contribution in [0.1, 0.15) is 27.0 Å². The van der Waals surface area contributed by atoms with Gasteiger partial charge in [-0.2, -0.15) is 5.10 Å². The fraction of sp³-hybridized carbons (Fsp3) is 0.0909. The number of para-hydroxylation sites is 1. The van der Waals surface area contributed by atoms with Gasteiger partial charge in [-0.3, -0.25) is 4.79 Å². The van der Waals surface area contributed by atoms with Gasteiger partial charge in [0.05, 0.1) is 22.5 Å². The molecule has 1 N–H and O–H groups in total. The van der Waals surface area contributed by atoms with Crippen LogP contribution in [0.25, 0.3) is 10.8 Å². The molecule has 5 rings (SSSR count). The SMILES string of the molecule is COc1cc(/C=N\NC(=O)c2ccccc2OCc2ccccc2Cl)cc(I)c1OCc1cccc2ccccc12. The Morgan fingerprint density at radius 2 is 1.56 bits per heavy atom. The molecular formula is C33H26ClIN2O4. The molecule has 6 nitrogen and oxygen atoms in total. The molecule has 0 aliphatic carbocycles. The highest BCUT2D eigenvalue weighted by Gasteiger charge is 2.14. The van der Waals surface area contributed by atoms with E-state index >= 15 is 0 Å². The first kappa shape index (κ1) is 28.4. The number of carbonyl (C=O) groups is 1. The van der Waals surface area contributed by atoms with Gasteiger partial charge in [0, 0.05) is 10.6 Å². The highest BCUT2D eigenvalue weighted by atomic mass is 127. The van der Waals surface area contributed by atoms with E-state index in [1.165, 1.54) is 5.39 Å². The molecule has 206 valence electrons. The Kier molecular flexibility index (Phi) is 9.38. The Balaban J connectivity index is 1.25. The lowest BCUT2D eigenvalue weighted by Crippen LogP contribution is -2.18. The normalized spacial score (nSPS) is 11.0. The van der Waals surface area contributed by atoms with Crippen molar-refractivity contribution in [1.29, 1.82) is 0 Å². The highest BCUT2D eigenvalue weighted by molar-refractivity contribution is 14.1. The van der Waals surface area contributed by atoms with E-state index < -0.39 is 5.91 Å². The number of carbonyl (C=O) groups excluding carboxylic acids is 1. The third-order valence-electron chi connectivity index (χ3n) is 6.36. The Morgan fingerprint density at radius 1 is 0.854 bits per heavy atom. The summed E-state index contributed by atoms with van der Waals surface area (Å²) in [4.78, 5) is 12.9. The van der Waals surface area contributed by atoms with Crippen LogP contribution in [-0.4, -0.2) is 19.2 Å². The third-order valence-corrected chi connectivity index (χ3v) is 7.53. The van der Waals surface area contributed by atoms with Crippen molar-refractivity contribution in [1.82, 2.24) is 5.43 Å². The van der Waals surface area contributed by atoms with Crippen LogP contribution < -0.4 is 19.6 Å². The van der Waals surface area contributed by atoms with Gasteiger partial charge in [-0.05, 0) is 74.8 Å². The van der Waals surface area contributed by atoms with Gasteiger partial charge in [-0.25, -0.2) is 5.43 Å². The number of hydrogen-bond donors (Lipinski definition) is 1. The summed E-state index contributed by atoms with van der Waals surface area (Å²) in [5.41, 5.74) is 5.61. The average molecular weight is 677 g/mol. The van der Waals surface area contributed by atoms with E-state index in [2.05, 4.69) is 57.4 Å². The van der Waals surface area contributed by atoms with E-state index in [-0.39, 0.29) is 6.61 Å². The standard InChI is InChI=1S/C33H26ClIN2O4/c1-39-31-18-22(17-29(35)32(31)41-20-24-12-8-11-23-9-2-4-13-26(23)24)19-36-37-33(38)27-14-5-7-16-30(27)40-21-25-10-3-6-15-28(25)34/h2-19H,20-21H2,1H3,(H,37,38)/b36-19-. The summed E-state index contributed by atoms with van der Waals surface area (Å²) >= 11 is 8.44. The average Bonchev–Trinajstić information content (AvgIpc) is 3.00. The van der Waals surface area contributed by atoms with E-state index in [1.807, 2.05) is 48.5 Å². The first-order valence-corrected chi connectivity index (χ1v) is 14.2. The summed E-state index contributed by atoms with van der Waals surface area (Å²) in [5.74, 6) is 1.26. The van der Waals surface area contributed by atoms with Crippen molar-refractivity contribution in [2.24, 2.45) is 5.10 Å². The summed E-state index contributed by atoms with van der Waals surface area (Å²) in [7, 11) is 1.60. The molecule has 0 aliphatic rings. The maximum atomic E-state index is 12.9. The monoisotopic (exact) mass is 676 g/mol. The predicted molar refractivity (Wildman–Crippen MR) is 171 cm³/mol. The van der Waals surface area contributed by atoms with Crippen molar-refractivity contribution in [3.8, 4) is 17.2 Å². The van der Waals surface area contributed by atoms with Gasteiger partial charge in [0.2, 0.25) is 0 Å². The quantitative estimate of drug-likeness (QED) is 0.0924. The molecular weight excluding hydrogens is 651 g/mol. The zero-order valence-electron chi connectivity index (χ0n) is 22.1. The maximum absolute atomic E-state index is 12.9. The number of hydrazone groups is 1. The van der Waals surface area contributed by atoms with E-state index in [1.54, 1.807) is 43.7 Å². The molecule has 0 atom stereocenters. The second kappa shape index (κ2) is 13.5. The largest absolute Gasteiger partial charge is 0.493 e. The molecule has 0 aliphatic heterocycles. The number of methoxy groups -OCH3 is 1. The van der Waals surface area contributed by atoms with Gasteiger partial charge in [0.15, 0.2) is 11.5 Å². The number of rotatable bonds is 10. The Labute approximate surface area is 257 Å². The number of amides is 1. The maximum Gasteiger partial charge on any atom is 0.275 e. The van der Waals surface area contributed by atoms with Gasteiger partial charge >= 0.3 is 0 Å². The first-order valence-electron chi connectivity index (χ1n) is 12.8. The number of nitrogens with zero attached hydrogens (tertiary/aromatic N) is 1. The second-order valence-electron chi connectivity index (χ2n) is 9.04. The molecule has 0 saturated heterocycles. The van der Waals surface area contributed by atoms with E-state index in [9.17, 15) is 4.79 Å². The van der Waals surface area contributed by atoms with Crippen molar-refractivity contribution in [2.45, 2.75) is 13.2 Å². The Morgan fingerprint density at radius 3 is 2.41 bits per heavy atom. The predicted octanol–water partition coefficient (Wildman–Crippen LogP) is 8.03. The Bertz CT molecular complexity index is 1720. The zero-order chi connectivity index (χ0) is 28.6. The molecule has 0 fully saturated rings. The van der Waals surface area contributed by atoms with Crippen molar-refractivity contribution in [3.63, 3.8) is 0 Å². The summed E-state index contributed by atoms with van der Waals surface area (Å²) in [6.45, 7) is 0.634. The van der Waals surface area contributed by atoms with Gasteiger partial charge in [-0.15, -0.1) is 0 Å². The minimum Gasteiger partial charge on any atom is -0.493 e. The van der Waals surface area contributed by atoms with E-state index in [0.29, 0.717) is 34.4 Å². The van der Waals surface area contributed by atoms with Crippen LogP contribution in [0.2, 0.25) is 5.02 Å². The molecule has 5 aromatic rings. The minimum absolute atomic E-state index is 0.236. The lowest BCUT2D eigenvalue weighted by molar-refractivity contribution is 0.0950. The number of nitrogens with one attached hydrogen (secondary N) is 1. The molecule has 0 saturated carbocycles. The number of ether oxygens (including phenoxy) is 3.